The highest BCUT2D eigenvalue weighted by atomic mass is 79.9. The molecule has 1 N–H and O–H groups in total. The second-order valence-corrected chi connectivity index (χ2v) is 5.64. The number of carboxylic acid groups (broad SMARTS) is 1. The van der Waals surface area contributed by atoms with Crippen molar-refractivity contribution in [2.75, 3.05) is 19.8 Å². The maximum Gasteiger partial charge on any atom is 0.328 e. The molecule has 1 amide bonds. The van der Waals surface area contributed by atoms with E-state index in [2.05, 4.69) is 15.9 Å². The summed E-state index contributed by atoms with van der Waals surface area (Å²) in [4.78, 5) is 25.0. The van der Waals surface area contributed by atoms with Gasteiger partial charge in [0.05, 0.1) is 13.2 Å². The van der Waals surface area contributed by atoms with E-state index in [9.17, 15) is 9.59 Å². The molecule has 1 unspecified atom stereocenters. The van der Waals surface area contributed by atoms with Crippen LogP contribution < -0.4 is 0 Å². The summed E-state index contributed by atoms with van der Waals surface area (Å²) in [6, 6.07) is 6.05. The van der Waals surface area contributed by atoms with Crippen LogP contribution in [0.2, 0.25) is 0 Å². The van der Waals surface area contributed by atoms with Gasteiger partial charge in [-0.25, -0.2) is 4.79 Å². The second-order valence-electron chi connectivity index (χ2n) is 4.72. The fraction of sp³-hybridized carbons (Fsp3) is 0.286. The van der Waals surface area contributed by atoms with Gasteiger partial charge in [0.15, 0.2) is 11.8 Å². The molecule has 0 aliphatic carbocycles. The molecule has 1 aliphatic heterocycles. The van der Waals surface area contributed by atoms with E-state index in [4.69, 9.17) is 14.3 Å². The smallest absolute Gasteiger partial charge is 0.328 e. The Labute approximate surface area is 128 Å². The Bertz CT molecular complexity index is 710. The van der Waals surface area contributed by atoms with E-state index in [1.54, 1.807) is 12.1 Å². The van der Waals surface area contributed by atoms with Crippen LogP contribution in [0.5, 0.6) is 0 Å². The molecule has 0 bridgehead atoms. The predicted molar refractivity (Wildman–Crippen MR) is 77.2 cm³/mol. The van der Waals surface area contributed by atoms with E-state index in [-0.39, 0.29) is 18.9 Å². The molecule has 1 saturated heterocycles. The van der Waals surface area contributed by atoms with E-state index < -0.39 is 17.9 Å². The molecular formula is C14H12BrNO5. The first-order valence-electron chi connectivity index (χ1n) is 6.37. The quantitative estimate of drug-likeness (QED) is 0.894. The standard InChI is InChI=1S/C14H12BrNO5/c15-9-1-2-11-8(5-9)6-12(21-11)13(17)16-3-4-20-7-10(16)14(18)19/h1-2,5-6,10H,3-4,7H2,(H,18,19). The van der Waals surface area contributed by atoms with Crippen molar-refractivity contribution >= 4 is 38.8 Å². The van der Waals surface area contributed by atoms with Gasteiger partial charge in [-0.05, 0) is 24.3 Å². The number of rotatable bonds is 2. The molecule has 1 aliphatic rings. The summed E-state index contributed by atoms with van der Waals surface area (Å²) in [5, 5.41) is 9.95. The molecule has 3 rings (SSSR count). The topological polar surface area (TPSA) is 80.0 Å². The molecule has 0 saturated carbocycles. The molecule has 1 aromatic carbocycles. The molecule has 6 nitrogen and oxygen atoms in total. The Morgan fingerprint density at radius 2 is 2.14 bits per heavy atom. The first-order chi connectivity index (χ1) is 10.1. The number of furan rings is 1. The lowest BCUT2D eigenvalue weighted by atomic mass is 10.2. The molecule has 1 atom stereocenters. The highest BCUT2D eigenvalue weighted by Crippen LogP contribution is 2.25. The van der Waals surface area contributed by atoms with Gasteiger partial charge in [0.25, 0.3) is 5.91 Å². The second kappa shape index (κ2) is 5.50. The van der Waals surface area contributed by atoms with E-state index in [0.29, 0.717) is 12.2 Å². The number of halogens is 1. The lowest BCUT2D eigenvalue weighted by Gasteiger charge is -2.32. The Kier molecular flexibility index (Phi) is 3.69. The number of carbonyl (C=O) groups excluding carboxylic acids is 1. The van der Waals surface area contributed by atoms with Gasteiger partial charge >= 0.3 is 5.97 Å². The molecule has 21 heavy (non-hydrogen) atoms. The van der Waals surface area contributed by atoms with Crippen molar-refractivity contribution in [3.8, 4) is 0 Å². The number of nitrogens with zero attached hydrogens (tertiary/aromatic N) is 1. The molecule has 110 valence electrons. The number of aliphatic carboxylic acids is 1. The van der Waals surface area contributed by atoms with Crippen LogP contribution in [0, 0.1) is 0 Å². The SMILES string of the molecule is O=C(O)C1COCCN1C(=O)c1cc2cc(Br)ccc2o1. The summed E-state index contributed by atoms with van der Waals surface area (Å²) in [5.41, 5.74) is 0.585. The summed E-state index contributed by atoms with van der Waals surface area (Å²) >= 11 is 3.35. The minimum absolute atomic E-state index is 0.00709. The Balaban J connectivity index is 1.93. The van der Waals surface area contributed by atoms with Crippen molar-refractivity contribution in [3.63, 3.8) is 0 Å². The average molecular weight is 354 g/mol. The fourth-order valence-corrected chi connectivity index (χ4v) is 2.69. The number of benzene rings is 1. The average Bonchev–Trinajstić information content (AvgIpc) is 2.89. The number of carbonyl (C=O) groups is 2. The zero-order valence-corrected chi connectivity index (χ0v) is 12.5. The van der Waals surface area contributed by atoms with Crippen molar-refractivity contribution in [1.29, 1.82) is 0 Å². The van der Waals surface area contributed by atoms with Crippen molar-refractivity contribution in [2.24, 2.45) is 0 Å². The lowest BCUT2D eigenvalue weighted by molar-refractivity contribution is -0.147. The van der Waals surface area contributed by atoms with Crippen molar-refractivity contribution in [1.82, 2.24) is 4.90 Å². The maximum atomic E-state index is 12.5. The molecule has 7 heteroatoms. The summed E-state index contributed by atoms with van der Waals surface area (Å²) in [5.74, 6) is -1.38. The molecule has 2 aromatic rings. The van der Waals surface area contributed by atoms with Gasteiger partial charge in [0.2, 0.25) is 0 Å². The van der Waals surface area contributed by atoms with Gasteiger partial charge in [-0.2, -0.15) is 0 Å². The first kappa shape index (κ1) is 14.1. The van der Waals surface area contributed by atoms with Crippen molar-refractivity contribution in [2.45, 2.75) is 6.04 Å². The minimum atomic E-state index is -1.08. The summed E-state index contributed by atoms with van der Waals surface area (Å²) < 4.78 is 11.5. The highest BCUT2D eigenvalue weighted by Gasteiger charge is 2.34. The van der Waals surface area contributed by atoms with Crippen molar-refractivity contribution < 1.29 is 23.8 Å². The van der Waals surface area contributed by atoms with Gasteiger partial charge in [0.1, 0.15) is 5.58 Å². The zero-order valence-electron chi connectivity index (χ0n) is 10.9. The van der Waals surface area contributed by atoms with E-state index in [1.165, 1.54) is 4.90 Å². The number of amides is 1. The van der Waals surface area contributed by atoms with E-state index >= 15 is 0 Å². The van der Waals surface area contributed by atoms with Gasteiger partial charge in [0, 0.05) is 16.4 Å². The van der Waals surface area contributed by atoms with Gasteiger partial charge in [-0.3, -0.25) is 4.79 Å². The summed E-state index contributed by atoms with van der Waals surface area (Å²) in [6.45, 7) is 0.546. The predicted octanol–water partition coefficient (Wildman–Crippen LogP) is 2.12. The third-order valence-electron chi connectivity index (χ3n) is 3.36. The maximum absolute atomic E-state index is 12.5. The number of fused-ring (bicyclic) bond motifs is 1. The molecular weight excluding hydrogens is 342 g/mol. The largest absolute Gasteiger partial charge is 0.480 e. The van der Waals surface area contributed by atoms with E-state index in [1.807, 2.05) is 12.1 Å². The summed E-state index contributed by atoms with van der Waals surface area (Å²) in [7, 11) is 0. The van der Waals surface area contributed by atoms with Gasteiger partial charge in [-0.1, -0.05) is 15.9 Å². The minimum Gasteiger partial charge on any atom is -0.480 e. The van der Waals surface area contributed by atoms with Crippen molar-refractivity contribution in [3.05, 3.63) is 34.5 Å². The molecule has 1 aromatic heterocycles. The normalized spacial score (nSPS) is 18.9. The molecule has 0 spiro atoms. The van der Waals surface area contributed by atoms with Crippen LogP contribution in [-0.4, -0.2) is 47.7 Å². The van der Waals surface area contributed by atoms with Crippen LogP contribution in [0.25, 0.3) is 11.0 Å². The monoisotopic (exact) mass is 353 g/mol. The van der Waals surface area contributed by atoms with Crippen LogP contribution in [0.15, 0.2) is 33.2 Å². The Morgan fingerprint density at radius 1 is 1.33 bits per heavy atom. The van der Waals surface area contributed by atoms with E-state index in [0.717, 1.165) is 9.86 Å². The van der Waals surface area contributed by atoms with Crippen LogP contribution in [0.1, 0.15) is 10.6 Å². The molecule has 2 heterocycles. The number of hydrogen-bond donors (Lipinski definition) is 1. The molecule has 0 radical (unpaired) electrons. The third-order valence-corrected chi connectivity index (χ3v) is 3.86. The first-order valence-corrected chi connectivity index (χ1v) is 7.16. The number of hydrogen-bond acceptors (Lipinski definition) is 4. The van der Waals surface area contributed by atoms with Crippen LogP contribution in [-0.2, 0) is 9.53 Å². The Morgan fingerprint density at radius 3 is 2.90 bits per heavy atom. The number of carboxylic acids is 1. The Hall–Kier alpha value is -1.86. The summed E-state index contributed by atoms with van der Waals surface area (Å²) in [6.07, 6.45) is 0. The lowest BCUT2D eigenvalue weighted by Crippen LogP contribution is -2.52. The number of morpholine rings is 1. The van der Waals surface area contributed by atoms with Gasteiger partial charge < -0.3 is 19.2 Å². The van der Waals surface area contributed by atoms with Crippen LogP contribution in [0.3, 0.4) is 0 Å². The van der Waals surface area contributed by atoms with Crippen LogP contribution >= 0.6 is 15.9 Å². The molecule has 1 fully saturated rings. The zero-order chi connectivity index (χ0) is 15.0. The van der Waals surface area contributed by atoms with Gasteiger partial charge in [-0.15, -0.1) is 0 Å². The van der Waals surface area contributed by atoms with Crippen LogP contribution in [0.4, 0.5) is 0 Å². The fourth-order valence-electron chi connectivity index (χ4n) is 2.31. The highest BCUT2D eigenvalue weighted by molar-refractivity contribution is 9.10. The third kappa shape index (κ3) is 2.66. The number of ether oxygens (including phenoxy) is 1.